The van der Waals surface area contributed by atoms with Crippen LogP contribution in [-0.2, 0) is 6.18 Å². The van der Waals surface area contributed by atoms with Crippen molar-refractivity contribution in [1.29, 1.82) is 0 Å². The summed E-state index contributed by atoms with van der Waals surface area (Å²) in [5.41, 5.74) is 5.55. The number of nitrogens with one attached hydrogen (secondary N) is 1. The Morgan fingerprint density at radius 1 is 1.19 bits per heavy atom. The first-order valence-corrected chi connectivity index (χ1v) is 7.78. The maximum Gasteiger partial charge on any atom is 0.417 e. The topological polar surface area (TPSA) is 91.0 Å². The number of benzene rings is 1. The lowest BCUT2D eigenvalue weighted by atomic mass is 10.2. The van der Waals surface area contributed by atoms with Crippen molar-refractivity contribution in [2.45, 2.75) is 6.18 Å². The number of halogens is 3. The lowest BCUT2D eigenvalue weighted by Crippen LogP contribution is -2.24. The van der Waals surface area contributed by atoms with Gasteiger partial charge in [0.2, 0.25) is 5.88 Å². The number of hydrogen-bond acceptors (Lipinski definition) is 5. The van der Waals surface area contributed by atoms with Gasteiger partial charge in [-0.05, 0) is 18.2 Å². The molecule has 2 aromatic rings. The number of aromatic nitrogens is 1. The molecular weight excluding hydrogens is 365 g/mol. The number of nitrogens with two attached hydrogens (primary N) is 1. The van der Waals surface area contributed by atoms with Gasteiger partial charge in [0.25, 0.3) is 0 Å². The first-order chi connectivity index (χ1) is 12.8. The van der Waals surface area contributed by atoms with Gasteiger partial charge in [-0.2, -0.15) is 13.2 Å². The molecule has 146 valence electrons. The highest BCUT2D eigenvalue weighted by atomic mass is 19.4. The predicted molar refractivity (Wildman–Crippen MR) is 94.4 cm³/mol. The monoisotopic (exact) mass is 384 g/mol. The van der Waals surface area contributed by atoms with Crippen molar-refractivity contribution < 1.29 is 27.4 Å². The second-order valence-corrected chi connectivity index (χ2v) is 5.19. The molecule has 10 heteroatoms. The van der Waals surface area contributed by atoms with Gasteiger partial charge in [-0.25, -0.2) is 9.98 Å². The summed E-state index contributed by atoms with van der Waals surface area (Å²) in [6.07, 6.45) is -3.72. The fourth-order valence-corrected chi connectivity index (χ4v) is 2.04. The second-order valence-electron chi connectivity index (χ2n) is 5.19. The molecule has 3 N–H and O–H groups in total. The molecule has 27 heavy (non-hydrogen) atoms. The number of anilines is 1. The van der Waals surface area contributed by atoms with Crippen molar-refractivity contribution in [3.63, 3.8) is 0 Å². The third kappa shape index (κ3) is 5.94. The number of pyridine rings is 1. The fourth-order valence-electron chi connectivity index (χ4n) is 2.04. The van der Waals surface area contributed by atoms with Crippen LogP contribution < -0.4 is 25.3 Å². The minimum absolute atomic E-state index is 0.0687. The van der Waals surface area contributed by atoms with E-state index in [1.807, 2.05) is 0 Å². The zero-order valence-electron chi connectivity index (χ0n) is 14.7. The molecule has 0 radical (unpaired) electrons. The van der Waals surface area contributed by atoms with E-state index in [2.05, 4.69) is 15.3 Å². The van der Waals surface area contributed by atoms with Crippen molar-refractivity contribution in [1.82, 2.24) is 4.98 Å². The summed E-state index contributed by atoms with van der Waals surface area (Å²) < 4.78 is 53.0. The maximum absolute atomic E-state index is 12.5. The van der Waals surface area contributed by atoms with Gasteiger partial charge in [-0.1, -0.05) is 0 Å². The molecule has 1 aromatic heterocycles. The first kappa shape index (κ1) is 20.1. The highest BCUT2D eigenvalue weighted by Crippen LogP contribution is 2.29. The molecule has 2 rings (SSSR count). The van der Waals surface area contributed by atoms with Crippen LogP contribution >= 0.6 is 0 Å². The zero-order valence-corrected chi connectivity index (χ0v) is 14.7. The van der Waals surface area contributed by atoms with E-state index in [1.54, 1.807) is 18.2 Å². The van der Waals surface area contributed by atoms with Gasteiger partial charge in [0, 0.05) is 18.3 Å². The van der Waals surface area contributed by atoms with E-state index < -0.39 is 11.7 Å². The van der Waals surface area contributed by atoms with Crippen LogP contribution in [0.5, 0.6) is 17.4 Å². The van der Waals surface area contributed by atoms with E-state index in [4.69, 9.17) is 19.9 Å². The van der Waals surface area contributed by atoms with Gasteiger partial charge in [-0.3, -0.25) is 0 Å². The molecule has 0 aliphatic rings. The Kier molecular flexibility index (Phi) is 6.69. The Bertz CT molecular complexity index is 780. The molecule has 1 aromatic carbocycles. The third-order valence-electron chi connectivity index (χ3n) is 3.36. The van der Waals surface area contributed by atoms with Crippen LogP contribution in [0.1, 0.15) is 5.56 Å². The van der Waals surface area contributed by atoms with Crippen LogP contribution in [0, 0.1) is 0 Å². The molecule has 1 heterocycles. The van der Waals surface area contributed by atoms with Crippen molar-refractivity contribution in [3.8, 4) is 17.4 Å². The largest absolute Gasteiger partial charge is 0.497 e. The molecule has 0 fully saturated rings. The second kappa shape index (κ2) is 8.97. The van der Waals surface area contributed by atoms with Gasteiger partial charge < -0.3 is 25.3 Å². The summed E-state index contributed by atoms with van der Waals surface area (Å²) >= 11 is 0. The molecular formula is C17H19F3N4O3. The van der Waals surface area contributed by atoms with E-state index in [9.17, 15) is 13.2 Å². The number of aliphatic imine (C=N–C) groups is 1. The Balaban J connectivity index is 1.87. The average molecular weight is 384 g/mol. The van der Waals surface area contributed by atoms with Gasteiger partial charge >= 0.3 is 6.18 Å². The molecule has 7 nitrogen and oxygen atoms in total. The molecule has 0 saturated heterocycles. The number of ether oxygens (including phenoxy) is 3. The van der Waals surface area contributed by atoms with Crippen LogP contribution in [0.4, 0.5) is 18.9 Å². The average Bonchev–Trinajstić information content (AvgIpc) is 2.65. The summed E-state index contributed by atoms with van der Waals surface area (Å²) in [6.45, 7) is 0.268. The van der Waals surface area contributed by atoms with E-state index in [0.717, 1.165) is 12.1 Å². The van der Waals surface area contributed by atoms with Crippen molar-refractivity contribution in [2.75, 3.05) is 32.7 Å². The van der Waals surface area contributed by atoms with Crippen molar-refractivity contribution in [2.24, 2.45) is 10.7 Å². The van der Waals surface area contributed by atoms with Crippen molar-refractivity contribution in [3.05, 3.63) is 42.1 Å². The number of guanidine groups is 1. The standard InChI is InChI=1S/C17H19F3N4O3/c1-25-12-4-5-14(26-2)13(9-12)24-16(21)22-7-8-27-15-6-3-11(10-23-15)17(18,19)20/h3-6,9-10H,7-8H2,1-2H3,(H3,21,22,24). The highest BCUT2D eigenvalue weighted by Gasteiger charge is 2.30. The first-order valence-electron chi connectivity index (χ1n) is 7.78. The summed E-state index contributed by atoms with van der Waals surface area (Å²) in [4.78, 5) is 7.68. The van der Waals surface area contributed by atoms with Crippen molar-refractivity contribution >= 4 is 11.6 Å². The minimum atomic E-state index is -4.43. The van der Waals surface area contributed by atoms with E-state index >= 15 is 0 Å². The fraction of sp³-hybridized carbons (Fsp3) is 0.294. The number of nitrogens with zero attached hydrogens (tertiary/aromatic N) is 2. The Morgan fingerprint density at radius 3 is 2.56 bits per heavy atom. The van der Waals surface area contributed by atoms with Gasteiger partial charge in [-0.15, -0.1) is 0 Å². The normalized spacial score (nSPS) is 11.8. The highest BCUT2D eigenvalue weighted by molar-refractivity contribution is 5.94. The molecule has 0 atom stereocenters. The Morgan fingerprint density at radius 2 is 1.96 bits per heavy atom. The van der Waals surface area contributed by atoms with Crippen LogP contribution in [0.2, 0.25) is 0 Å². The summed E-state index contributed by atoms with van der Waals surface area (Å²) in [6, 6.07) is 7.20. The number of alkyl halides is 3. The molecule has 0 spiro atoms. The predicted octanol–water partition coefficient (Wildman–Crippen LogP) is 2.92. The maximum atomic E-state index is 12.5. The SMILES string of the molecule is COc1ccc(OC)c(NC(N)=NCCOc2ccc(C(F)(F)F)cn2)c1. The molecule has 0 amide bonds. The van der Waals surface area contributed by atoms with Gasteiger partial charge in [0.05, 0.1) is 32.0 Å². The number of hydrogen-bond donors (Lipinski definition) is 2. The van der Waals surface area contributed by atoms with Gasteiger partial charge in [0.1, 0.15) is 18.1 Å². The van der Waals surface area contributed by atoms with E-state index in [1.165, 1.54) is 14.2 Å². The summed E-state index contributed by atoms with van der Waals surface area (Å²) in [5.74, 6) is 1.35. The van der Waals surface area contributed by atoms with Gasteiger partial charge in [0.15, 0.2) is 5.96 Å². The molecule has 0 aliphatic carbocycles. The van der Waals surface area contributed by atoms with Crippen LogP contribution in [0.15, 0.2) is 41.5 Å². The van der Waals surface area contributed by atoms with Crippen LogP contribution in [0.3, 0.4) is 0 Å². The quantitative estimate of drug-likeness (QED) is 0.433. The van der Waals surface area contributed by atoms with Crippen LogP contribution in [-0.4, -0.2) is 38.3 Å². The third-order valence-corrected chi connectivity index (χ3v) is 3.36. The lowest BCUT2D eigenvalue weighted by Gasteiger charge is -2.12. The molecule has 0 saturated carbocycles. The lowest BCUT2D eigenvalue weighted by molar-refractivity contribution is -0.137. The number of rotatable bonds is 7. The summed E-state index contributed by atoms with van der Waals surface area (Å²) in [5, 5.41) is 2.89. The molecule has 0 aliphatic heterocycles. The van der Waals surface area contributed by atoms with E-state index in [0.29, 0.717) is 23.4 Å². The Labute approximate surface area is 154 Å². The minimum Gasteiger partial charge on any atom is -0.497 e. The molecule has 0 unspecified atom stereocenters. The summed E-state index contributed by atoms with van der Waals surface area (Å²) in [7, 11) is 3.06. The Hall–Kier alpha value is -3.17. The number of methoxy groups -OCH3 is 2. The van der Waals surface area contributed by atoms with E-state index in [-0.39, 0.29) is 25.0 Å². The zero-order chi connectivity index (χ0) is 19.9. The smallest absolute Gasteiger partial charge is 0.417 e. The van der Waals surface area contributed by atoms with Crippen LogP contribution in [0.25, 0.3) is 0 Å². The molecule has 0 bridgehead atoms.